The Morgan fingerprint density at radius 3 is 1.44 bits per heavy atom. The van der Waals surface area contributed by atoms with Crippen molar-refractivity contribution in [3.05, 3.63) is 0 Å². The predicted molar refractivity (Wildman–Crippen MR) is 102 cm³/mol. The zero-order chi connectivity index (χ0) is 20.8. The number of rotatable bonds is 17. The fourth-order valence-corrected chi connectivity index (χ4v) is 4.72. The molecule has 10 nitrogen and oxygen atoms in total. The van der Waals surface area contributed by atoms with E-state index in [4.69, 9.17) is 25.2 Å². The van der Waals surface area contributed by atoms with Crippen LogP contribution in [0.5, 0.6) is 0 Å². The average Bonchev–Trinajstić information content (AvgIpc) is 2.56. The highest BCUT2D eigenvalue weighted by atomic mass is 31.1. The molecule has 0 radical (unpaired) electrons. The van der Waals surface area contributed by atoms with Crippen LogP contribution in [0.4, 0.5) is 0 Å². The number of hydrogen-bond acceptors (Lipinski definition) is 6. The molecule has 4 N–H and O–H groups in total. The number of nitrogens with zero attached hydrogens (tertiary/aromatic N) is 1. The first kappa shape index (κ1) is 25.7. The standard InChI is InChI=1S/C15H27NO9P2/c1-25-5-2-16(3-6-26-8-10(12(17)18)13(19)20)4-7-27-9-11(14(21)22)15(23)24/h10-11,26-27H,2-9H2,1H3,(H,17,18)(H,19,20)(H,21,22)(H,23,24). The minimum absolute atomic E-state index is 0.0867. The van der Waals surface area contributed by atoms with Crippen LogP contribution in [0.3, 0.4) is 0 Å². The number of aliphatic carboxylic acids is 4. The van der Waals surface area contributed by atoms with Gasteiger partial charge in [-0.2, -0.15) is 0 Å². The van der Waals surface area contributed by atoms with Crippen LogP contribution in [-0.4, -0.2) is 107 Å². The SMILES string of the molecule is COCCN(CCPCC(C(=O)O)C(=O)O)CCPCC(C(=O)O)C(=O)O. The fourth-order valence-electron chi connectivity index (χ4n) is 2.08. The van der Waals surface area contributed by atoms with E-state index in [0.717, 1.165) is 0 Å². The summed E-state index contributed by atoms with van der Waals surface area (Å²) in [6, 6.07) is 0. The lowest BCUT2D eigenvalue weighted by Gasteiger charge is -2.22. The predicted octanol–water partition coefficient (Wildman–Crippen LogP) is -0.137. The molecule has 12 heteroatoms. The van der Waals surface area contributed by atoms with Crippen molar-refractivity contribution in [2.75, 3.05) is 58.0 Å². The summed E-state index contributed by atoms with van der Waals surface area (Å²) < 4.78 is 5.04. The molecule has 0 aliphatic rings. The molecule has 0 aliphatic heterocycles. The Morgan fingerprint density at radius 2 is 1.15 bits per heavy atom. The lowest BCUT2D eigenvalue weighted by Crippen LogP contribution is -2.32. The molecule has 2 unspecified atom stereocenters. The van der Waals surface area contributed by atoms with Gasteiger partial charge in [-0.1, -0.05) is 0 Å². The summed E-state index contributed by atoms with van der Waals surface area (Å²) in [5.41, 5.74) is 0. The normalized spacial score (nSPS) is 12.1. The van der Waals surface area contributed by atoms with Gasteiger partial charge in [0.25, 0.3) is 0 Å². The third-order valence-electron chi connectivity index (χ3n) is 3.71. The summed E-state index contributed by atoms with van der Waals surface area (Å²) in [5, 5.41) is 35.4. The van der Waals surface area contributed by atoms with E-state index < -0.39 is 35.7 Å². The number of carboxylic acids is 4. The zero-order valence-electron chi connectivity index (χ0n) is 15.1. The molecule has 0 aromatic heterocycles. The van der Waals surface area contributed by atoms with E-state index in [-0.39, 0.29) is 29.5 Å². The van der Waals surface area contributed by atoms with Crippen LogP contribution in [0, 0.1) is 11.8 Å². The second kappa shape index (κ2) is 14.7. The highest BCUT2D eigenvalue weighted by Crippen LogP contribution is 2.18. The Kier molecular flexibility index (Phi) is 14.0. The maximum Gasteiger partial charge on any atom is 0.318 e. The molecule has 0 fully saturated rings. The Balaban J connectivity index is 4.27. The van der Waals surface area contributed by atoms with E-state index in [9.17, 15) is 19.2 Å². The van der Waals surface area contributed by atoms with E-state index >= 15 is 0 Å². The van der Waals surface area contributed by atoms with Gasteiger partial charge in [0.1, 0.15) is 0 Å². The summed E-state index contributed by atoms with van der Waals surface area (Å²) in [6.07, 6.45) is 1.47. The maximum absolute atomic E-state index is 10.8. The maximum atomic E-state index is 10.8. The highest BCUT2D eigenvalue weighted by molar-refractivity contribution is 7.38. The van der Waals surface area contributed by atoms with Gasteiger partial charge < -0.3 is 30.1 Å². The molecule has 27 heavy (non-hydrogen) atoms. The Hall–Kier alpha value is -1.34. The molecule has 0 heterocycles. The summed E-state index contributed by atoms with van der Waals surface area (Å²) in [5.74, 6) is -8.11. The third kappa shape index (κ3) is 11.9. The number of methoxy groups -OCH3 is 1. The Morgan fingerprint density at radius 1 is 0.778 bits per heavy atom. The van der Waals surface area contributed by atoms with Gasteiger partial charge in [0.15, 0.2) is 11.8 Å². The largest absolute Gasteiger partial charge is 0.481 e. The van der Waals surface area contributed by atoms with Crippen LogP contribution < -0.4 is 0 Å². The van der Waals surface area contributed by atoms with Crippen LogP contribution >= 0.6 is 17.2 Å². The number of carbonyl (C=O) groups is 4. The first-order chi connectivity index (χ1) is 12.7. The molecule has 0 saturated carbocycles. The molecule has 0 amide bonds. The van der Waals surface area contributed by atoms with E-state index in [1.165, 1.54) is 0 Å². The smallest absolute Gasteiger partial charge is 0.318 e. The van der Waals surface area contributed by atoms with Gasteiger partial charge in [0.2, 0.25) is 0 Å². The lowest BCUT2D eigenvalue weighted by atomic mass is 10.2. The summed E-state index contributed by atoms with van der Waals surface area (Å²) in [6.45, 7) is 2.40. The first-order valence-corrected chi connectivity index (χ1v) is 11.1. The van der Waals surface area contributed by atoms with Crippen molar-refractivity contribution in [1.29, 1.82) is 0 Å². The lowest BCUT2D eigenvalue weighted by molar-refractivity contribution is -0.155. The zero-order valence-corrected chi connectivity index (χ0v) is 17.1. The molecular formula is C15H27NO9P2. The van der Waals surface area contributed by atoms with Crippen molar-refractivity contribution in [1.82, 2.24) is 4.90 Å². The van der Waals surface area contributed by atoms with E-state index in [1.807, 2.05) is 0 Å². The molecule has 0 bridgehead atoms. The van der Waals surface area contributed by atoms with Crippen LogP contribution in [-0.2, 0) is 23.9 Å². The quantitative estimate of drug-likeness (QED) is 0.140. The molecule has 0 aromatic rings. The van der Waals surface area contributed by atoms with Crippen molar-refractivity contribution >= 4 is 41.0 Å². The Labute approximate surface area is 160 Å². The molecule has 0 aliphatic carbocycles. The second-order valence-corrected chi connectivity index (χ2v) is 8.52. The van der Waals surface area contributed by atoms with Crippen LogP contribution in [0.1, 0.15) is 0 Å². The summed E-state index contributed by atoms with van der Waals surface area (Å²) >= 11 is 0. The van der Waals surface area contributed by atoms with Gasteiger partial charge in [-0.25, -0.2) is 0 Å². The van der Waals surface area contributed by atoms with E-state index in [1.54, 1.807) is 7.11 Å². The van der Waals surface area contributed by atoms with Gasteiger partial charge in [0, 0.05) is 26.7 Å². The van der Waals surface area contributed by atoms with Gasteiger partial charge >= 0.3 is 23.9 Å². The van der Waals surface area contributed by atoms with Crippen molar-refractivity contribution in [2.24, 2.45) is 11.8 Å². The van der Waals surface area contributed by atoms with Gasteiger partial charge in [-0.05, 0) is 24.6 Å². The molecule has 0 spiro atoms. The second-order valence-electron chi connectivity index (χ2n) is 5.70. The minimum Gasteiger partial charge on any atom is -0.481 e. The fraction of sp³-hybridized carbons (Fsp3) is 0.733. The minimum atomic E-state index is -1.39. The average molecular weight is 427 g/mol. The molecular weight excluding hydrogens is 400 g/mol. The first-order valence-electron chi connectivity index (χ1n) is 8.24. The molecule has 0 rings (SSSR count). The third-order valence-corrected chi connectivity index (χ3v) is 6.26. The van der Waals surface area contributed by atoms with E-state index in [2.05, 4.69) is 4.90 Å². The molecule has 2 atom stereocenters. The molecule has 0 saturated heterocycles. The van der Waals surface area contributed by atoms with Gasteiger partial charge in [-0.3, -0.25) is 19.2 Å². The molecule has 0 aromatic carbocycles. The van der Waals surface area contributed by atoms with Gasteiger partial charge in [-0.15, -0.1) is 17.2 Å². The van der Waals surface area contributed by atoms with Crippen molar-refractivity contribution < 1.29 is 44.3 Å². The summed E-state index contributed by atoms with van der Waals surface area (Å²) in [7, 11) is 1.95. The number of hydrogen-bond donors (Lipinski definition) is 4. The monoisotopic (exact) mass is 427 g/mol. The van der Waals surface area contributed by atoms with Gasteiger partial charge in [0.05, 0.1) is 6.61 Å². The summed E-state index contributed by atoms with van der Waals surface area (Å²) in [4.78, 5) is 45.5. The molecule has 156 valence electrons. The Bertz CT molecular complexity index is 436. The van der Waals surface area contributed by atoms with Crippen LogP contribution in [0.25, 0.3) is 0 Å². The van der Waals surface area contributed by atoms with Crippen molar-refractivity contribution in [2.45, 2.75) is 0 Å². The topological polar surface area (TPSA) is 162 Å². The van der Waals surface area contributed by atoms with Crippen molar-refractivity contribution in [3.8, 4) is 0 Å². The number of ether oxygens (including phenoxy) is 1. The highest BCUT2D eigenvalue weighted by Gasteiger charge is 2.26. The van der Waals surface area contributed by atoms with Crippen LogP contribution in [0.2, 0.25) is 0 Å². The van der Waals surface area contributed by atoms with Crippen molar-refractivity contribution in [3.63, 3.8) is 0 Å². The van der Waals surface area contributed by atoms with E-state index in [0.29, 0.717) is 38.6 Å². The van der Waals surface area contributed by atoms with Crippen LogP contribution in [0.15, 0.2) is 0 Å². The number of carboxylic acid groups (broad SMARTS) is 4.